The number of aromatic nitrogens is 2. The number of carbonyl (C=O) groups is 2. The minimum absolute atomic E-state index is 0.296. The van der Waals surface area contributed by atoms with Crippen molar-refractivity contribution >= 4 is 28.3 Å². The summed E-state index contributed by atoms with van der Waals surface area (Å²) in [5.74, 6) is -0.595. The Morgan fingerprint density at radius 2 is 1.50 bits per heavy atom. The number of hydrogen-bond donors (Lipinski definition) is 2. The van der Waals surface area contributed by atoms with Crippen LogP contribution in [0.1, 0.15) is 15.9 Å². The maximum absolute atomic E-state index is 13.2. The molecule has 4 rings (SSSR count). The predicted octanol–water partition coefficient (Wildman–Crippen LogP) is 3.61. The van der Waals surface area contributed by atoms with Gasteiger partial charge in [-0.05, 0) is 23.8 Å². The highest BCUT2D eigenvalue weighted by Crippen LogP contribution is 2.22. The summed E-state index contributed by atoms with van der Waals surface area (Å²) in [6.45, 7) is 0. The largest absolute Gasteiger partial charge is 0.340 e. The lowest BCUT2D eigenvalue weighted by molar-refractivity contribution is -0.118. The van der Waals surface area contributed by atoms with Gasteiger partial charge in [0.1, 0.15) is 6.04 Å². The molecule has 0 saturated carbocycles. The van der Waals surface area contributed by atoms with E-state index in [2.05, 4.69) is 20.8 Å². The molecule has 0 saturated heterocycles. The lowest BCUT2D eigenvalue weighted by Crippen LogP contribution is -2.45. The maximum atomic E-state index is 13.2. The van der Waals surface area contributed by atoms with Gasteiger partial charge >= 0.3 is 0 Å². The predicted molar refractivity (Wildman–Crippen MR) is 116 cm³/mol. The smallest absolute Gasteiger partial charge is 0.251 e. The highest BCUT2D eigenvalue weighted by molar-refractivity contribution is 6.05. The first kappa shape index (κ1) is 19.3. The molecule has 0 fully saturated rings. The van der Waals surface area contributed by atoms with Crippen molar-refractivity contribution in [2.45, 2.75) is 12.5 Å². The van der Waals surface area contributed by atoms with E-state index in [9.17, 15) is 9.59 Å². The van der Waals surface area contributed by atoms with Crippen molar-refractivity contribution in [1.29, 1.82) is 0 Å². The Labute approximate surface area is 174 Å². The second-order valence-corrected chi connectivity index (χ2v) is 6.87. The fourth-order valence-electron chi connectivity index (χ4n) is 3.25. The first-order chi connectivity index (χ1) is 14.7. The van der Waals surface area contributed by atoms with Gasteiger partial charge in [0.15, 0.2) is 0 Å². The van der Waals surface area contributed by atoms with Gasteiger partial charge in [-0.3, -0.25) is 9.59 Å². The summed E-state index contributed by atoms with van der Waals surface area (Å²) in [5.41, 5.74) is 2.08. The second kappa shape index (κ2) is 8.96. The van der Waals surface area contributed by atoms with Gasteiger partial charge < -0.3 is 10.6 Å². The van der Waals surface area contributed by atoms with E-state index in [-0.39, 0.29) is 11.8 Å². The van der Waals surface area contributed by atoms with Crippen LogP contribution in [0.5, 0.6) is 0 Å². The molecule has 4 aromatic rings. The van der Waals surface area contributed by atoms with Gasteiger partial charge in [0, 0.05) is 22.8 Å². The van der Waals surface area contributed by atoms with Crippen LogP contribution in [0.15, 0.2) is 91.3 Å². The molecule has 2 N–H and O–H groups in total. The van der Waals surface area contributed by atoms with Crippen LogP contribution in [-0.2, 0) is 11.2 Å². The molecule has 30 heavy (non-hydrogen) atoms. The third-order valence-electron chi connectivity index (χ3n) is 4.79. The molecule has 0 bridgehead atoms. The summed E-state index contributed by atoms with van der Waals surface area (Å²) in [6.07, 6.45) is 3.62. The molecular weight excluding hydrogens is 376 g/mol. The fourth-order valence-corrected chi connectivity index (χ4v) is 3.25. The van der Waals surface area contributed by atoms with Crippen LogP contribution in [0.25, 0.3) is 10.8 Å². The van der Waals surface area contributed by atoms with Crippen molar-refractivity contribution < 1.29 is 9.59 Å². The minimum Gasteiger partial charge on any atom is -0.340 e. The van der Waals surface area contributed by atoms with Crippen LogP contribution >= 0.6 is 0 Å². The second-order valence-electron chi connectivity index (χ2n) is 6.87. The number of rotatable bonds is 6. The molecule has 0 aliphatic heterocycles. The van der Waals surface area contributed by atoms with Crippen molar-refractivity contribution in [2.75, 3.05) is 5.32 Å². The average molecular weight is 396 g/mol. The van der Waals surface area contributed by atoms with Crippen LogP contribution in [0.4, 0.5) is 5.69 Å². The molecule has 148 valence electrons. The van der Waals surface area contributed by atoms with E-state index in [0.29, 0.717) is 17.7 Å². The van der Waals surface area contributed by atoms with Gasteiger partial charge in [0.2, 0.25) is 5.91 Å². The Bertz CT molecular complexity index is 1160. The van der Waals surface area contributed by atoms with E-state index >= 15 is 0 Å². The molecule has 1 aromatic heterocycles. The number of benzene rings is 3. The van der Waals surface area contributed by atoms with Crippen molar-refractivity contribution in [2.24, 2.45) is 0 Å². The number of anilines is 1. The first-order valence-corrected chi connectivity index (χ1v) is 9.61. The van der Waals surface area contributed by atoms with Gasteiger partial charge in [-0.25, -0.2) is 0 Å². The van der Waals surface area contributed by atoms with E-state index in [0.717, 1.165) is 16.3 Å². The monoisotopic (exact) mass is 396 g/mol. The van der Waals surface area contributed by atoms with Crippen LogP contribution in [0.3, 0.4) is 0 Å². The maximum Gasteiger partial charge on any atom is 0.251 e. The Morgan fingerprint density at radius 3 is 2.27 bits per heavy atom. The van der Waals surface area contributed by atoms with Crippen LogP contribution in [0, 0.1) is 0 Å². The summed E-state index contributed by atoms with van der Waals surface area (Å²) in [5, 5.41) is 15.3. The quantitative estimate of drug-likeness (QED) is 0.521. The van der Waals surface area contributed by atoms with Gasteiger partial charge in [0.25, 0.3) is 5.91 Å². The zero-order valence-corrected chi connectivity index (χ0v) is 16.2. The van der Waals surface area contributed by atoms with Gasteiger partial charge in [-0.2, -0.15) is 10.2 Å². The molecule has 1 heterocycles. The molecule has 0 aliphatic carbocycles. The topological polar surface area (TPSA) is 84.0 Å². The van der Waals surface area contributed by atoms with Crippen LogP contribution in [0.2, 0.25) is 0 Å². The van der Waals surface area contributed by atoms with Crippen molar-refractivity contribution in [3.05, 3.63) is 102 Å². The lowest BCUT2D eigenvalue weighted by atomic mass is 10.0. The first-order valence-electron chi connectivity index (χ1n) is 9.61. The summed E-state index contributed by atoms with van der Waals surface area (Å²) < 4.78 is 0. The van der Waals surface area contributed by atoms with Crippen LogP contribution < -0.4 is 10.6 Å². The van der Waals surface area contributed by atoms with Gasteiger partial charge in [0.05, 0.1) is 18.1 Å². The van der Waals surface area contributed by atoms with Crippen LogP contribution in [-0.4, -0.2) is 28.1 Å². The SMILES string of the molecule is O=C(NC(Cc1ccccc1)C(=O)Nc1cccc2cnncc12)c1ccccc1. The number of fused-ring (bicyclic) bond motifs is 1. The Balaban J connectivity index is 1.59. The number of nitrogens with one attached hydrogen (secondary N) is 2. The Hall–Kier alpha value is -4.06. The van der Waals surface area contributed by atoms with E-state index in [1.807, 2.05) is 48.5 Å². The molecule has 1 atom stereocenters. The molecule has 0 spiro atoms. The summed E-state index contributed by atoms with van der Waals surface area (Å²) >= 11 is 0. The third kappa shape index (κ3) is 4.50. The zero-order chi connectivity index (χ0) is 20.8. The third-order valence-corrected chi connectivity index (χ3v) is 4.79. The average Bonchev–Trinajstić information content (AvgIpc) is 2.80. The van der Waals surface area contributed by atoms with Crippen molar-refractivity contribution in [1.82, 2.24) is 15.5 Å². The number of hydrogen-bond acceptors (Lipinski definition) is 4. The van der Waals surface area contributed by atoms with Crippen molar-refractivity contribution in [3.8, 4) is 0 Å². The normalized spacial score (nSPS) is 11.6. The van der Waals surface area contributed by atoms with Crippen molar-refractivity contribution in [3.63, 3.8) is 0 Å². The molecular formula is C24H20N4O2. The lowest BCUT2D eigenvalue weighted by Gasteiger charge is -2.19. The Kier molecular flexibility index (Phi) is 5.75. The summed E-state index contributed by atoms with van der Waals surface area (Å²) in [4.78, 5) is 25.9. The molecule has 6 heteroatoms. The van der Waals surface area contributed by atoms with E-state index in [4.69, 9.17) is 0 Å². The van der Waals surface area contributed by atoms with E-state index in [1.165, 1.54) is 0 Å². The van der Waals surface area contributed by atoms with Gasteiger partial charge in [-0.1, -0.05) is 60.7 Å². The summed E-state index contributed by atoms with van der Waals surface area (Å²) in [6, 6.07) is 23.3. The molecule has 0 aliphatic rings. The highest BCUT2D eigenvalue weighted by atomic mass is 16.2. The highest BCUT2D eigenvalue weighted by Gasteiger charge is 2.22. The minimum atomic E-state index is -0.745. The molecule has 0 radical (unpaired) electrons. The number of nitrogens with zero attached hydrogens (tertiary/aromatic N) is 2. The number of carbonyl (C=O) groups excluding carboxylic acids is 2. The Morgan fingerprint density at radius 1 is 0.800 bits per heavy atom. The number of amides is 2. The standard InChI is InChI=1S/C24H20N4O2/c29-23(18-10-5-2-6-11-18)28-22(14-17-8-3-1-4-9-17)24(30)27-21-13-7-12-19-15-25-26-16-20(19)21/h1-13,15-16,22H,14H2,(H,27,30)(H,28,29). The molecule has 6 nitrogen and oxygen atoms in total. The molecule has 1 unspecified atom stereocenters. The fraction of sp³-hybridized carbons (Fsp3) is 0.0833. The molecule has 2 amide bonds. The molecule has 3 aromatic carbocycles. The van der Waals surface area contributed by atoms with Gasteiger partial charge in [-0.15, -0.1) is 0 Å². The summed E-state index contributed by atoms with van der Waals surface area (Å²) in [7, 11) is 0. The van der Waals surface area contributed by atoms with E-state index in [1.54, 1.807) is 42.7 Å². The van der Waals surface area contributed by atoms with E-state index < -0.39 is 6.04 Å². The zero-order valence-electron chi connectivity index (χ0n) is 16.2.